The van der Waals surface area contributed by atoms with Crippen LogP contribution in [0.5, 0.6) is 0 Å². The summed E-state index contributed by atoms with van der Waals surface area (Å²) >= 11 is 0. The Morgan fingerprint density at radius 2 is 1.19 bits per heavy atom. The summed E-state index contributed by atoms with van der Waals surface area (Å²) in [5.74, 6) is -1.89. The van der Waals surface area contributed by atoms with Crippen LogP contribution >= 0.6 is 0 Å². The SMILES string of the molecule is NC(N)=NCCC[C@H](NC(=O)Cc1ccccc1)C(=O)N[C@@H](Cc1c[nH]c2ccccc12)C(=O)N[C@@H](Cc1ccccc1)C(=O)NCc1ccccc1. The highest BCUT2D eigenvalue weighted by Gasteiger charge is 2.30. The van der Waals surface area contributed by atoms with Gasteiger partial charge in [0.1, 0.15) is 18.1 Å². The van der Waals surface area contributed by atoms with Crippen LogP contribution in [-0.2, 0) is 45.0 Å². The van der Waals surface area contributed by atoms with Crippen molar-refractivity contribution in [2.24, 2.45) is 16.5 Å². The first-order chi connectivity index (χ1) is 25.7. The second-order valence-corrected chi connectivity index (χ2v) is 12.8. The van der Waals surface area contributed by atoms with Crippen LogP contribution < -0.4 is 32.7 Å². The molecule has 274 valence electrons. The molecular formula is C41H46N8O4. The van der Waals surface area contributed by atoms with Crippen LogP contribution in [0.1, 0.15) is 35.1 Å². The molecule has 1 heterocycles. The number of carbonyl (C=O) groups is 4. The molecule has 1 aromatic heterocycles. The summed E-state index contributed by atoms with van der Waals surface area (Å²) in [5, 5.41) is 12.5. The van der Waals surface area contributed by atoms with Crippen LogP contribution in [-0.4, -0.2) is 59.2 Å². The van der Waals surface area contributed by atoms with Crippen molar-refractivity contribution in [3.05, 3.63) is 144 Å². The minimum atomic E-state index is -1.10. The molecule has 0 fully saturated rings. The third kappa shape index (κ3) is 11.8. The van der Waals surface area contributed by atoms with Gasteiger partial charge in [-0.05, 0) is 41.2 Å². The van der Waals surface area contributed by atoms with Gasteiger partial charge in [-0.3, -0.25) is 24.2 Å². The predicted molar refractivity (Wildman–Crippen MR) is 206 cm³/mol. The van der Waals surface area contributed by atoms with E-state index in [4.69, 9.17) is 11.5 Å². The summed E-state index contributed by atoms with van der Waals surface area (Å²) in [5.41, 5.74) is 15.2. The Balaban J connectivity index is 1.38. The van der Waals surface area contributed by atoms with Gasteiger partial charge in [0.15, 0.2) is 5.96 Å². The zero-order valence-corrected chi connectivity index (χ0v) is 29.5. The third-order valence-electron chi connectivity index (χ3n) is 8.76. The second kappa shape index (κ2) is 19.3. The minimum absolute atomic E-state index is 0.0665. The lowest BCUT2D eigenvalue weighted by molar-refractivity contribution is -0.133. The molecule has 5 aromatic rings. The standard InChI is InChI=1S/C41H46N8O4/c42-41(43)44-22-12-21-34(47-37(50)24-29-15-6-2-7-16-29)39(52)49-36(25-31-27-45-33-20-11-10-19-32(31)33)40(53)48-35(23-28-13-4-1-5-14-28)38(51)46-26-30-17-8-3-9-18-30/h1-11,13-20,27,34-36,45H,12,21-26H2,(H,46,51)(H,47,50)(H,48,53)(H,49,52)(H4,42,43,44)/t34-,35-,36-/m0/s1. The highest BCUT2D eigenvalue weighted by molar-refractivity contribution is 5.95. The van der Waals surface area contributed by atoms with Gasteiger partial charge < -0.3 is 37.7 Å². The highest BCUT2D eigenvalue weighted by atomic mass is 16.2. The highest BCUT2D eigenvalue weighted by Crippen LogP contribution is 2.20. The van der Waals surface area contributed by atoms with Crippen molar-refractivity contribution in [1.82, 2.24) is 26.3 Å². The van der Waals surface area contributed by atoms with Gasteiger partial charge in [0, 0.05) is 43.0 Å². The Hall–Kier alpha value is -6.43. The van der Waals surface area contributed by atoms with E-state index in [0.29, 0.717) is 6.42 Å². The lowest BCUT2D eigenvalue weighted by Gasteiger charge is -2.25. The summed E-state index contributed by atoms with van der Waals surface area (Å²) in [6.45, 7) is 0.528. The van der Waals surface area contributed by atoms with E-state index in [0.717, 1.165) is 33.2 Å². The van der Waals surface area contributed by atoms with Crippen molar-refractivity contribution in [3.63, 3.8) is 0 Å². The van der Waals surface area contributed by atoms with E-state index in [2.05, 4.69) is 31.2 Å². The number of hydrogen-bond acceptors (Lipinski definition) is 5. The summed E-state index contributed by atoms with van der Waals surface area (Å²) in [4.78, 5) is 62.4. The van der Waals surface area contributed by atoms with Gasteiger partial charge in [-0.1, -0.05) is 109 Å². The third-order valence-corrected chi connectivity index (χ3v) is 8.76. The van der Waals surface area contributed by atoms with Crippen LogP contribution in [0.2, 0.25) is 0 Å². The smallest absolute Gasteiger partial charge is 0.243 e. The van der Waals surface area contributed by atoms with Crippen molar-refractivity contribution >= 4 is 40.5 Å². The van der Waals surface area contributed by atoms with Crippen LogP contribution in [0, 0.1) is 0 Å². The zero-order valence-electron chi connectivity index (χ0n) is 29.5. The van der Waals surface area contributed by atoms with Gasteiger partial charge in [0.25, 0.3) is 0 Å². The first-order valence-corrected chi connectivity index (χ1v) is 17.6. The molecule has 4 aromatic carbocycles. The number of aliphatic imine (C=N–C) groups is 1. The number of para-hydroxylation sites is 1. The summed E-state index contributed by atoms with van der Waals surface area (Å²) in [6.07, 6.45) is 2.81. The average Bonchev–Trinajstić information content (AvgIpc) is 3.58. The van der Waals surface area contributed by atoms with Gasteiger partial charge in [0.05, 0.1) is 6.42 Å². The molecule has 0 aliphatic heterocycles. The first kappa shape index (κ1) is 37.8. The summed E-state index contributed by atoms with van der Waals surface area (Å²) in [6, 6.07) is 32.7. The number of carbonyl (C=O) groups excluding carboxylic acids is 4. The Labute approximate surface area is 308 Å². The summed E-state index contributed by atoms with van der Waals surface area (Å²) < 4.78 is 0. The molecule has 0 radical (unpaired) electrons. The van der Waals surface area contributed by atoms with Gasteiger partial charge in [-0.25, -0.2) is 0 Å². The fourth-order valence-corrected chi connectivity index (χ4v) is 6.04. The summed E-state index contributed by atoms with van der Waals surface area (Å²) in [7, 11) is 0. The molecule has 12 nitrogen and oxygen atoms in total. The number of nitrogens with two attached hydrogens (primary N) is 2. The molecule has 0 aliphatic carbocycles. The van der Waals surface area contributed by atoms with Crippen LogP contribution in [0.25, 0.3) is 10.9 Å². The van der Waals surface area contributed by atoms with Crippen molar-refractivity contribution < 1.29 is 19.2 Å². The van der Waals surface area contributed by atoms with E-state index in [1.807, 2.05) is 115 Å². The predicted octanol–water partition coefficient (Wildman–Crippen LogP) is 3.02. The topological polar surface area (TPSA) is 197 Å². The first-order valence-electron chi connectivity index (χ1n) is 17.6. The van der Waals surface area contributed by atoms with Gasteiger partial charge in [-0.2, -0.15) is 0 Å². The van der Waals surface area contributed by atoms with Crippen molar-refractivity contribution in [3.8, 4) is 0 Å². The van der Waals surface area contributed by atoms with Crippen molar-refractivity contribution in [1.29, 1.82) is 0 Å². The number of hydrogen-bond donors (Lipinski definition) is 7. The van der Waals surface area contributed by atoms with E-state index >= 15 is 0 Å². The molecule has 5 rings (SSSR count). The van der Waals surface area contributed by atoms with Crippen molar-refractivity contribution in [2.45, 2.75) is 56.8 Å². The quantitative estimate of drug-likeness (QED) is 0.0414. The number of aromatic nitrogens is 1. The lowest BCUT2D eigenvalue weighted by atomic mass is 10.0. The average molecular weight is 715 g/mol. The number of guanidine groups is 1. The fourth-order valence-electron chi connectivity index (χ4n) is 6.04. The molecule has 0 bridgehead atoms. The van der Waals surface area contributed by atoms with Gasteiger partial charge >= 0.3 is 0 Å². The molecule has 0 aliphatic rings. The molecule has 9 N–H and O–H groups in total. The number of rotatable bonds is 18. The molecule has 53 heavy (non-hydrogen) atoms. The maximum absolute atomic E-state index is 14.3. The molecule has 0 spiro atoms. The maximum atomic E-state index is 14.3. The number of nitrogens with one attached hydrogen (secondary N) is 5. The Kier molecular flexibility index (Phi) is 13.7. The number of fused-ring (bicyclic) bond motifs is 1. The second-order valence-electron chi connectivity index (χ2n) is 12.8. The van der Waals surface area contributed by atoms with E-state index in [9.17, 15) is 19.2 Å². The van der Waals surface area contributed by atoms with E-state index in [1.165, 1.54) is 0 Å². The normalized spacial score (nSPS) is 12.5. The number of aromatic amines is 1. The molecule has 0 unspecified atom stereocenters. The monoisotopic (exact) mass is 714 g/mol. The van der Waals surface area contributed by atoms with Crippen LogP contribution in [0.3, 0.4) is 0 Å². The zero-order chi connectivity index (χ0) is 37.4. The molecule has 0 saturated carbocycles. The number of amides is 4. The molecule has 4 amide bonds. The lowest BCUT2D eigenvalue weighted by Crippen LogP contribution is -2.57. The van der Waals surface area contributed by atoms with E-state index < -0.39 is 29.9 Å². The van der Waals surface area contributed by atoms with E-state index in [1.54, 1.807) is 6.20 Å². The van der Waals surface area contributed by atoms with Crippen LogP contribution in [0.4, 0.5) is 0 Å². The van der Waals surface area contributed by atoms with Crippen LogP contribution in [0.15, 0.2) is 126 Å². The Morgan fingerprint density at radius 1 is 0.623 bits per heavy atom. The van der Waals surface area contributed by atoms with E-state index in [-0.39, 0.29) is 56.5 Å². The Morgan fingerprint density at radius 3 is 1.85 bits per heavy atom. The van der Waals surface area contributed by atoms with Crippen molar-refractivity contribution in [2.75, 3.05) is 6.54 Å². The number of H-pyrrole nitrogens is 1. The number of benzene rings is 4. The number of nitrogens with zero attached hydrogens (tertiary/aromatic N) is 1. The Bertz CT molecular complexity index is 1980. The maximum Gasteiger partial charge on any atom is 0.243 e. The molecule has 0 saturated heterocycles. The molecule has 3 atom stereocenters. The minimum Gasteiger partial charge on any atom is -0.370 e. The largest absolute Gasteiger partial charge is 0.370 e. The molecule has 12 heteroatoms. The molecular weight excluding hydrogens is 669 g/mol. The van der Waals surface area contributed by atoms with Gasteiger partial charge in [-0.15, -0.1) is 0 Å². The van der Waals surface area contributed by atoms with Gasteiger partial charge in [0.2, 0.25) is 23.6 Å². The fraction of sp³-hybridized carbons (Fsp3) is 0.244.